The van der Waals surface area contributed by atoms with Crippen molar-refractivity contribution < 1.29 is 193 Å². The van der Waals surface area contributed by atoms with E-state index in [1.807, 2.05) is 0 Å². The van der Waals surface area contributed by atoms with Gasteiger partial charge in [-0.15, -0.1) is 0 Å². The van der Waals surface area contributed by atoms with E-state index in [1.165, 1.54) is 13.8 Å². The summed E-state index contributed by atoms with van der Waals surface area (Å²) in [5.74, 6) is -1.93. The number of nitrogens with one attached hydrogen (secondary N) is 2. The molecule has 93 heavy (non-hydrogen) atoms. The van der Waals surface area contributed by atoms with Gasteiger partial charge in [0.25, 0.3) is 0 Å². The van der Waals surface area contributed by atoms with Gasteiger partial charge in [-0.3, -0.25) is 9.59 Å². The molecule has 7 fully saturated rings. The summed E-state index contributed by atoms with van der Waals surface area (Å²) in [4.78, 5) is 26.5. The molecule has 0 aromatic rings. The van der Waals surface area contributed by atoms with Gasteiger partial charge in [-0.1, -0.05) is 0 Å². The molecule has 7 rings (SSSR count). The lowest BCUT2D eigenvalue weighted by molar-refractivity contribution is -0.399. The number of carbonyl (C=O) groups is 2. The van der Waals surface area contributed by atoms with Crippen LogP contribution in [0.3, 0.4) is 0 Å². The van der Waals surface area contributed by atoms with E-state index in [4.69, 9.17) is 66.3 Å². The normalized spacial score (nSPS) is 48.1. The van der Waals surface area contributed by atoms with Crippen LogP contribution in [0.2, 0.25) is 0 Å². The quantitative estimate of drug-likeness (QED) is 0.0382. The molecule has 0 spiro atoms. The summed E-state index contributed by atoms with van der Waals surface area (Å²) in [5, 5.41) is 254. The van der Waals surface area contributed by atoms with E-state index >= 15 is 0 Å². The Balaban J connectivity index is 1.26. The van der Waals surface area contributed by atoms with Gasteiger partial charge in [-0.2, -0.15) is 0 Å². The molecule has 0 aliphatic carbocycles. The van der Waals surface area contributed by atoms with E-state index < -0.39 is 297 Å². The molecule has 0 aromatic heterocycles. The lowest BCUT2D eigenvalue weighted by Crippen LogP contribution is -2.72. The zero-order valence-electron chi connectivity index (χ0n) is 50.3. The highest BCUT2D eigenvalue weighted by atomic mass is 16.8. The van der Waals surface area contributed by atoms with Crippen LogP contribution in [-0.4, -0.2) is 415 Å². The lowest BCUT2D eigenvalue weighted by atomic mass is 9.93. The fourth-order valence-corrected chi connectivity index (χ4v) is 11.8. The van der Waals surface area contributed by atoms with Crippen molar-refractivity contribution >= 4 is 11.8 Å². The fourth-order valence-electron chi connectivity index (χ4n) is 11.8. The van der Waals surface area contributed by atoms with Crippen molar-refractivity contribution in [1.82, 2.24) is 10.6 Å². The first-order valence-corrected chi connectivity index (χ1v) is 29.8. The zero-order valence-corrected chi connectivity index (χ0v) is 50.3. The molecule has 41 nitrogen and oxygen atoms in total. The van der Waals surface area contributed by atoms with Crippen LogP contribution in [0.5, 0.6) is 0 Å². The van der Waals surface area contributed by atoms with Gasteiger partial charge in [0.05, 0.1) is 58.5 Å². The molecule has 542 valence electrons. The van der Waals surface area contributed by atoms with Gasteiger partial charge in [0.2, 0.25) is 11.8 Å². The van der Waals surface area contributed by atoms with Crippen molar-refractivity contribution in [2.75, 3.05) is 46.2 Å². The zero-order chi connectivity index (χ0) is 68.9. The lowest BCUT2D eigenvalue weighted by Gasteiger charge is -2.52. The summed E-state index contributed by atoms with van der Waals surface area (Å²) in [6.07, 6.45) is -74.8. The van der Waals surface area contributed by atoms with Crippen LogP contribution in [0.25, 0.3) is 0 Å². The second kappa shape index (κ2) is 34.0. The Morgan fingerprint density at radius 2 is 0.645 bits per heavy atom. The van der Waals surface area contributed by atoms with E-state index in [0.29, 0.717) is 0 Å². The molecule has 2 amide bonds. The molecule has 0 unspecified atom stereocenters. The number of carbonyl (C=O) groups excluding carboxylic acids is 2. The number of aliphatic hydroxyl groups excluding tert-OH is 23. The van der Waals surface area contributed by atoms with Crippen LogP contribution in [0.1, 0.15) is 27.7 Å². The van der Waals surface area contributed by atoms with E-state index in [-0.39, 0.29) is 0 Å². The van der Waals surface area contributed by atoms with Gasteiger partial charge >= 0.3 is 0 Å². The second-order valence-corrected chi connectivity index (χ2v) is 23.6. The molecule has 7 aliphatic heterocycles. The Morgan fingerprint density at radius 3 is 1.01 bits per heavy atom. The Bertz CT molecular complexity index is 2300. The molecule has 7 aliphatic rings. The molecule has 7 heterocycles. The summed E-state index contributed by atoms with van der Waals surface area (Å²) in [7, 11) is 0. The highest BCUT2D eigenvalue weighted by Gasteiger charge is 2.61. The Hall–Kier alpha value is -2.54. The van der Waals surface area contributed by atoms with Gasteiger partial charge in [0, 0.05) is 13.8 Å². The first-order chi connectivity index (χ1) is 43.9. The second-order valence-electron chi connectivity index (χ2n) is 23.6. The van der Waals surface area contributed by atoms with Crippen LogP contribution in [0.15, 0.2) is 0 Å². The Morgan fingerprint density at radius 1 is 0.344 bits per heavy atom. The van der Waals surface area contributed by atoms with Gasteiger partial charge in [0.15, 0.2) is 44.0 Å². The van der Waals surface area contributed by atoms with Gasteiger partial charge in [-0.25, -0.2) is 0 Å². The third-order valence-corrected chi connectivity index (χ3v) is 17.0. The van der Waals surface area contributed by atoms with Crippen LogP contribution in [0, 0.1) is 0 Å². The molecule has 0 aromatic carbocycles. The minimum atomic E-state index is -2.44. The molecule has 7 saturated heterocycles. The van der Waals surface area contributed by atoms with Gasteiger partial charge < -0.3 is 194 Å². The summed E-state index contributed by atoms with van der Waals surface area (Å²) in [5.41, 5.74) is 0. The SMILES string of the molecule is CC(=O)N[C@H]1[C@H](O[C@H]2[C@@H](O)[C@@H](CO)O[C@@H](O[C@H]3[C@H](O[C@@H]4O[C@@H](C)[C@@H](O)[C@@H](O)[C@@H]4O)[C@@H](NC(C)=O)[C@H](O[C@H]4[C@@H](O)[C@@H](CO)O[C@@H](O[C@@H]([C@H](O)[C@@H](O)CO)[C@H](O)CO)[C@@H]4O)O[C@@H]3CO)[C@@H]2O)O[C@H](CO)[C@@H](O[C@@H]2O[C@H](CO)[C@H](O)[C@H](O)[C@H]2O)[C@@H]1O[C@@H]1O[C@@H](C)[C@@H](O)[C@@H](O)[C@@H]1O. The third kappa shape index (κ3) is 17.2. The molecule has 0 saturated carbocycles. The summed E-state index contributed by atoms with van der Waals surface area (Å²) in [6.45, 7) is -3.47. The molecular formula is C52H90N2O39. The summed E-state index contributed by atoms with van der Waals surface area (Å²) in [6, 6.07) is -3.92. The predicted octanol–water partition coefficient (Wildman–Crippen LogP) is -16.5. The maximum Gasteiger partial charge on any atom is 0.217 e. The number of amides is 2. The fraction of sp³-hybridized carbons (Fsp3) is 0.962. The number of rotatable bonds is 26. The Kier molecular flexibility index (Phi) is 28.5. The van der Waals surface area contributed by atoms with E-state index in [9.17, 15) is 127 Å². The average molecular weight is 1370 g/mol. The van der Waals surface area contributed by atoms with Gasteiger partial charge in [-0.05, 0) is 13.8 Å². The van der Waals surface area contributed by atoms with Crippen molar-refractivity contribution in [3.63, 3.8) is 0 Å². The van der Waals surface area contributed by atoms with Crippen molar-refractivity contribution in [3.8, 4) is 0 Å². The Labute approximate surface area is 528 Å². The minimum Gasteiger partial charge on any atom is -0.394 e. The molecule has 39 atom stereocenters. The maximum atomic E-state index is 13.3. The summed E-state index contributed by atoms with van der Waals surface area (Å²) < 4.78 is 83.4. The van der Waals surface area contributed by atoms with E-state index in [0.717, 1.165) is 13.8 Å². The van der Waals surface area contributed by atoms with Crippen molar-refractivity contribution in [2.45, 2.75) is 267 Å². The first kappa shape index (κ1) is 77.8. The van der Waals surface area contributed by atoms with Crippen molar-refractivity contribution in [1.29, 1.82) is 0 Å². The van der Waals surface area contributed by atoms with Crippen LogP contribution in [-0.2, 0) is 75.9 Å². The highest BCUT2D eigenvalue weighted by molar-refractivity contribution is 5.73. The van der Waals surface area contributed by atoms with Crippen LogP contribution in [0.4, 0.5) is 0 Å². The highest BCUT2D eigenvalue weighted by Crippen LogP contribution is 2.40. The van der Waals surface area contributed by atoms with E-state index in [2.05, 4.69) is 10.6 Å². The average Bonchev–Trinajstić information content (AvgIpc) is 0.766. The monoisotopic (exact) mass is 1370 g/mol. The van der Waals surface area contributed by atoms with Crippen molar-refractivity contribution in [2.24, 2.45) is 0 Å². The number of aliphatic hydroxyl groups is 23. The van der Waals surface area contributed by atoms with Crippen LogP contribution < -0.4 is 10.6 Å². The first-order valence-electron chi connectivity index (χ1n) is 29.8. The topological polar surface area (TPSA) is 653 Å². The molecular weight excluding hydrogens is 1280 g/mol. The number of ether oxygens (including phenoxy) is 14. The van der Waals surface area contributed by atoms with Crippen LogP contribution >= 0.6 is 0 Å². The number of hydrogen-bond donors (Lipinski definition) is 25. The smallest absolute Gasteiger partial charge is 0.217 e. The van der Waals surface area contributed by atoms with Gasteiger partial charge in [0.1, 0.15) is 183 Å². The molecule has 0 bridgehead atoms. The standard InChI is InChI=1S/C52H90N2O39/c1-12-25(66)31(72)34(75)48(80-12)90-42-23(53-14(3)62)46(85-21(10-60)40(42)88-50-36(77)33(74)28(69)18(7-57)82-50)93-45-30(71)20(9-59)84-52(38(45)79)89-41-22(11-61)86-47(24(54-15(4)63)43(41)91-49-35(76)32(73)26(67)13(2)81-49)92-44-29(70)19(8-58)83-51(37(44)78)87-39(17(65)6-56)27(68)16(64)5-55/h12-13,16-52,55-61,64-79H,5-11H2,1-4H3,(H,53,62)(H,54,63)/t12-,13-,16-,17+,18+,19+,20+,21+,22+,23+,24+,25+,26+,27+,28-,29-,30-,31+,32+,33-,34-,35-,36+,37+,38+,39+,40+,41+,42+,43+,44-,45-,46-,47-,48-,49-,50-,51-,52-/m0/s1. The third-order valence-electron chi connectivity index (χ3n) is 17.0. The number of hydrogen-bond acceptors (Lipinski definition) is 39. The molecule has 25 N–H and O–H groups in total. The largest absolute Gasteiger partial charge is 0.394 e. The summed E-state index contributed by atoms with van der Waals surface area (Å²) >= 11 is 0. The molecule has 41 heteroatoms. The molecule has 0 radical (unpaired) electrons. The minimum absolute atomic E-state index is 0.933. The van der Waals surface area contributed by atoms with E-state index in [1.54, 1.807) is 0 Å². The maximum absolute atomic E-state index is 13.3. The predicted molar refractivity (Wildman–Crippen MR) is 287 cm³/mol. The van der Waals surface area contributed by atoms with Crippen molar-refractivity contribution in [3.05, 3.63) is 0 Å².